The van der Waals surface area contributed by atoms with Crippen LogP contribution in [-0.2, 0) is 6.54 Å². The van der Waals surface area contributed by atoms with Gasteiger partial charge in [0.2, 0.25) is 0 Å². The maximum atomic E-state index is 4.83. The van der Waals surface area contributed by atoms with Crippen molar-refractivity contribution in [2.24, 2.45) is 4.99 Å². The van der Waals surface area contributed by atoms with E-state index in [2.05, 4.69) is 81.3 Å². The highest BCUT2D eigenvalue weighted by Crippen LogP contribution is 2.24. The highest BCUT2D eigenvalue weighted by molar-refractivity contribution is 14.0. The van der Waals surface area contributed by atoms with Crippen molar-refractivity contribution < 1.29 is 0 Å². The number of hydrogen-bond donors (Lipinski definition) is 2. The molecular formula is C23H32IN5S. The number of hydrogen-bond acceptors (Lipinski definition) is 4. The Kier molecular flexibility index (Phi) is 8.87. The first-order chi connectivity index (χ1) is 14.3. The Morgan fingerprint density at radius 2 is 1.80 bits per heavy atom. The molecule has 2 aliphatic heterocycles. The lowest BCUT2D eigenvalue weighted by Crippen LogP contribution is -2.48. The Hall–Kier alpha value is -1.74. The molecule has 0 saturated carbocycles. The zero-order valence-corrected chi connectivity index (χ0v) is 20.7. The number of nitrogens with zero attached hydrogens (tertiary/aromatic N) is 3. The average Bonchev–Trinajstić information content (AvgIpc) is 3.47. The van der Waals surface area contributed by atoms with E-state index in [4.69, 9.17) is 4.99 Å². The maximum absolute atomic E-state index is 4.83. The Morgan fingerprint density at radius 1 is 1.07 bits per heavy atom. The largest absolute Gasteiger partial charge is 0.364 e. The minimum Gasteiger partial charge on any atom is -0.364 e. The van der Waals surface area contributed by atoms with Gasteiger partial charge in [0, 0.05) is 44.5 Å². The first kappa shape index (κ1) is 22.9. The van der Waals surface area contributed by atoms with Crippen molar-refractivity contribution in [2.45, 2.75) is 32.4 Å². The molecule has 1 fully saturated rings. The molecule has 0 atom stereocenters. The summed E-state index contributed by atoms with van der Waals surface area (Å²) in [5.74, 6) is 0.926. The summed E-state index contributed by atoms with van der Waals surface area (Å²) in [7, 11) is 0. The van der Waals surface area contributed by atoms with Gasteiger partial charge in [-0.3, -0.25) is 0 Å². The van der Waals surface area contributed by atoms with Crippen molar-refractivity contribution in [2.75, 3.05) is 42.5 Å². The van der Waals surface area contributed by atoms with Gasteiger partial charge in [-0.1, -0.05) is 24.3 Å². The van der Waals surface area contributed by atoms with Crippen LogP contribution in [0.4, 0.5) is 10.7 Å². The summed E-state index contributed by atoms with van der Waals surface area (Å²) in [6.07, 6.45) is 6.72. The number of benzene rings is 1. The molecule has 30 heavy (non-hydrogen) atoms. The lowest BCUT2D eigenvalue weighted by molar-refractivity contribution is 0.463. The summed E-state index contributed by atoms with van der Waals surface area (Å²) >= 11 is 1.83. The van der Waals surface area contributed by atoms with Gasteiger partial charge in [-0.25, -0.2) is 4.99 Å². The van der Waals surface area contributed by atoms with Gasteiger partial charge in [-0.15, -0.1) is 35.3 Å². The molecule has 1 aromatic carbocycles. The predicted molar refractivity (Wildman–Crippen MR) is 141 cm³/mol. The van der Waals surface area contributed by atoms with Gasteiger partial charge in [0.25, 0.3) is 0 Å². The van der Waals surface area contributed by atoms with E-state index >= 15 is 0 Å². The van der Waals surface area contributed by atoms with E-state index in [0.717, 1.165) is 51.5 Å². The third-order valence-electron chi connectivity index (χ3n) is 5.54. The predicted octanol–water partition coefficient (Wildman–Crippen LogP) is 4.47. The van der Waals surface area contributed by atoms with Crippen molar-refractivity contribution in [1.29, 1.82) is 0 Å². The Morgan fingerprint density at radius 3 is 2.43 bits per heavy atom. The SMILES string of the molecule is CCNC(=NCc1ccc(N2CC=CC2)cc1)NC1CCN(c2cccs2)CC1.I. The van der Waals surface area contributed by atoms with E-state index in [0.29, 0.717) is 12.6 Å². The lowest BCUT2D eigenvalue weighted by Gasteiger charge is -2.33. The third kappa shape index (κ3) is 6.14. The summed E-state index contributed by atoms with van der Waals surface area (Å²) in [4.78, 5) is 9.68. The minimum atomic E-state index is 0. The molecule has 0 aliphatic carbocycles. The third-order valence-corrected chi connectivity index (χ3v) is 6.47. The number of guanidine groups is 1. The molecular weight excluding hydrogens is 505 g/mol. The highest BCUT2D eigenvalue weighted by Gasteiger charge is 2.20. The van der Waals surface area contributed by atoms with Crippen LogP contribution < -0.4 is 20.4 Å². The highest BCUT2D eigenvalue weighted by atomic mass is 127. The molecule has 1 aromatic heterocycles. The van der Waals surface area contributed by atoms with Crippen molar-refractivity contribution in [3.05, 3.63) is 59.5 Å². The first-order valence-electron chi connectivity index (χ1n) is 10.6. The van der Waals surface area contributed by atoms with Crippen molar-refractivity contribution in [3.63, 3.8) is 0 Å². The molecule has 7 heteroatoms. The number of nitrogens with one attached hydrogen (secondary N) is 2. The van der Waals surface area contributed by atoms with Crippen LogP contribution in [0.2, 0.25) is 0 Å². The van der Waals surface area contributed by atoms with Gasteiger partial charge in [0.05, 0.1) is 11.5 Å². The molecule has 1 saturated heterocycles. The van der Waals surface area contributed by atoms with Crippen molar-refractivity contribution in [3.8, 4) is 0 Å². The monoisotopic (exact) mass is 537 g/mol. The molecule has 162 valence electrons. The molecule has 2 N–H and O–H groups in total. The second-order valence-corrected chi connectivity index (χ2v) is 8.52. The topological polar surface area (TPSA) is 42.9 Å². The van der Waals surface area contributed by atoms with Crippen LogP contribution >= 0.6 is 35.3 Å². The number of thiophene rings is 1. The molecule has 4 rings (SSSR count). The van der Waals surface area contributed by atoms with E-state index < -0.39 is 0 Å². The molecule has 0 unspecified atom stereocenters. The van der Waals surface area contributed by atoms with Crippen LogP contribution in [0.15, 0.2) is 58.9 Å². The number of rotatable bonds is 6. The lowest BCUT2D eigenvalue weighted by atomic mass is 10.1. The van der Waals surface area contributed by atoms with E-state index in [1.165, 1.54) is 16.3 Å². The second-order valence-electron chi connectivity index (χ2n) is 7.59. The van der Waals surface area contributed by atoms with Crippen LogP contribution in [0.5, 0.6) is 0 Å². The van der Waals surface area contributed by atoms with Crippen LogP contribution in [0.3, 0.4) is 0 Å². The van der Waals surface area contributed by atoms with Gasteiger partial charge in [-0.2, -0.15) is 0 Å². The smallest absolute Gasteiger partial charge is 0.191 e. The minimum absolute atomic E-state index is 0. The molecule has 0 spiro atoms. The van der Waals surface area contributed by atoms with E-state index in [1.807, 2.05) is 11.3 Å². The van der Waals surface area contributed by atoms with E-state index in [1.54, 1.807) is 0 Å². The van der Waals surface area contributed by atoms with Gasteiger partial charge in [0.15, 0.2) is 5.96 Å². The van der Waals surface area contributed by atoms with Crippen LogP contribution in [0, 0.1) is 0 Å². The molecule has 0 bridgehead atoms. The Bertz CT molecular complexity index is 803. The van der Waals surface area contributed by atoms with E-state index in [-0.39, 0.29) is 24.0 Å². The van der Waals surface area contributed by atoms with Crippen LogP contribution in [0.25, 0.3) is 0 Å². The number of anilines is 2. The zero-order valence-electron chi connectivity index (χ0n) is 17.6. The number of aliphatic imine (C=N–C) groups is 1. The first-order valence-corrected chi connectivity index (χ1v) is 11.5. The number of piperidine rings is 1. The normalized spacial score (nSPS) is 17.2. The van der Waals surface area contributed by atoms with Crippen molar-refractivity contribution in [1.82, 2.24) is 10.6 Å². The zero-order chi connectivity index (χ0) is 19.9. The number of halogens is 1. The fourth-order valence-electron chi connectivity index (χ4n) is 3.88. The van der Waals surface area contributed by atoms with Crippen LogP contribution in [0.1, 0.15) is 25.3 Å². The molecule has 5 nitrogen and oxygen atoms in total. The molecule has 2 aromatic rings. The fraction of sp³-hybridized carbons (Fsp3) is 0.435. The molecule has 0 radical (unpaired) electrons. The van der Waals surface area contributed by atoms with E-state index in [9.17, 15) is 0 Å². The summed E-state index contributed by atoms with van der Waals surface area (Å²) in [5.41, 5.74) is 2.52. The van der Waals surface area contributed by atoms with Gasteiger partial charge in [-0.05, 0) is 55.0 Å². The second kappa shape index (κ2) is 11.6. The summed E-state index contributed by atoms with van der Waals surface area (Å²) in [6, 6.07) is 13.6. The summed E-state index contributed by atoms with van der Waals surface area (Å²) in [6.45, 7) is 7.92. The molecule has 3 heterocycles. The summed E-state index contributed by atoms with van der Waals surface area (Å²) in [5, 5.41) is 10.6. The van der Waals surface area contributed by atoms with Gasteiger partial charge < -0.3 is 20.4 Å². The molecule has 0 amide bonds. The quantitative estimate of drug-likeness (QED) is 0.247. The van der Waals surface area contributed by atoms with Gasteiger partial charge in [0.1, 0.15) is 0 Å². The Labute approximate surface area is 201 Å². The Balaban J connectivity index is 0.00000256. The summed E-state index contributed by atoms with van der Waals surface area (Å²) < 4.78 is 0. The van der Waals surface area contributed by atoms with Gasteiger partial charge >= 0.3 is 0 Å². The van der Waals surface area contributed by atoms with Crippen LogP contribution in [-0.4, -0.2) is 44.7 Å². The standard InChI is InChI=1S/C23H31N5S.HI/c1-2-24-23(26-20-11-15-28(16-12-20)22-6-5-17-29-22)25-18-19-7-9-21(10-8-19)27-13-3-4-14-27;/h3-10,17,20H,2,11-16,18H2,1H3,(H2,24,25,26);1H. The van der Waals surface area contributed by atoms with Crippen molar-refractivity contribution >= 4 is 52.0 Å². The average molecular weight is 538 g/mol. The maximum Gasteiger partial charge on any atom is 0.191 e. The molecule has 2 aliphatic rings. The fourth-order valence-corrected chi connectivity index (χ4v) is 4.66.